The minimum Gasteiger partial charge on any atom is -0.497 e. The Morgan fingerprint density at radius 1 is 0.833 bits per heavy atom. The van der Waals surface area contributed by atoms with Crippen molar-refractivity contribution in [3.8, 4) is 11.5 Å². The molecule has 3 aromatic rings. The number of benzene rings is 2. The molecule has 160 valence electrons. The predicted molar refractivity (Wildman–Crippen MR) is 120 cm³/mol. The van der Waals surface area contributed by atoms with E-state index < -0.39 is 19.7 Å². The summed E-state index contributed by atoms with van der Waals surface area (Å²) in [4.78, 5) is 0.111. The zero-order chi connectivity index (χ0) is 21.9. The lowest BCUT2D eigenvalue weighted by atomic mass is 10.2. The van der Waals surface area contributed by atoms with E-state index in [-0.39, 0.29) is 20.6 Å². The van der Waals surface area contributed by atoms with E-state index in [0.29, 0.717) is 22.6 Å². The SMILES string of the molecule is COc1ccc(CS(=O)(=O)c2ccc(CS(=O)(=O)c3ccc(Br)s3)cc2)c(OC)c1. The summed E-state index contributed by atoms with van der Waals surface area (Å²) in [6, 6.07) is 14.1. The third-order valence-electron chi connectivity index (χ3n) is 4.33. The van der Waals surface area contributed by atoms with Gasteiger partial charge < -0.3 is 9.47 Å². The summed E-state index contributed by atoms with van der Waals surface area (Å²) >= 11 is 4.40. The van der Waals surface area contributed by atoms with Crippen LogP contribution in [0.2, 0.25) is 0 Å². The van der Waals surface area contributed by atoms with Crippen LogP contribution >= 0.6 is 27.3 Å². The van der Waals surface area contributed by atoms with Gasteiger partial charge in [-0.2, -0.15) is 0 Å². The maximum Gasteiger partial charge on any atom is 0.191 e. The first-order chi connectivity index (χ1) is 14.1. The van der Waals surface area contributed by atoms with Crippen molar-refractivity contribution in [1.82, 2.24) is 0 Å². The number of rotatable bonds is 8. The number of halogens is 1. The normalized spacial score (nSPS) is 12.0. The molecule has 0 amide bonds. The number of hydrogen-bond donors (Lipinski definition) is 0. The molecule has 2 aromatic carbocycles. The van der Waals surface area contributed by atoms with Crippen LogP contribution in [-0.4, -0.2) is 31.1 Å². The maximum absolute atomic E-state index is 12.8. The van der Waals surface area contributed by atoms with Crippen LogP contribution < -0.4 is 9.47 Å². The van der Waals surface area contributed by atoms with Gasteiger partial charge in [-0.15, -0.1) is 11.3 Å². The fraction of sp³-hybridized carbons (Fsp3) is 0.200. The average molecular weight is 531 g/mol. The third-order valence-corrected chi connectivity index (χ3v) is 9.91. The Morgan fingerprint density at radius 2 is 1.53 bits per heavy atom. The second-order valence-corrected chi connectivity index (χ2v) is 13.1. The molecule has 3 rings (SSSR count). The number of thiophene rings is 1. The van der Waals surface area contributed by atoms with Gasteiger partial charge in [0, 0.05) is 11.6 Å². The van der Waals surface area contributed by atoms with E-state index in [1.54, 1.807) is 30.3 Å². The number of ether oxygens (including phenoxy) is 2. The minimum absolute atomic E-state index is 0.111. The third kappa shape index (κ3) is 5.23. The summed E-state index contributed by atoms with van der Waals surface area (Å²) in [5.74, 6) is 0.534. The van der Waals surface area contributed by atoms with Crippen molar-refractivity contribution in [1.29, 1.82) is 0 Å². The van der Waals surface area contributed by atoms with Gasteiger partial charge in [-0.1, -0.05) is 18.2 Å². The summed E-state index contributed by atoms with van der Waals surface area (Å²) in [6.07, 6.45) is 0. The second-order valence-electron chi connectivity index (χ2n) is 6.40. The minimum atomic E-state index is -3.65. The molecule has 30 heavy (non-hydrogen) atoms. The molecule has 0 atom stereocenters. The van der Waals surface area contributed by atoms with Crippen LogP contribution in [0.5, 0.6) is 11.5 Å². The van der Waals surface area contributed by atoms with Crippen molar-refractivity contribution in [2.24, 2.45) is 0 Å². The Kier molecular flexibility index (Phi) is 6.91. The molecule has 0 unspecified atom stereocenters. The van der Waals surface area contributed by atoms with Gasteiger partial charge in [0.25, 0.3) is 0 Å². The van der Waals surface area contributed by atoms with Gasteiger partial charge >= 0.3 is 0 Å². The van der Waals surface area contributed by atoms with Crippen molar-refractivity contribution in [3.63, 3.8) is 0 Å². The molecule has 0 saturated carbocycles. The van der Waals surface area contributed by atoms with Gasteiger partial charge in [0.2, 0.25) is 0 Å². The molecule has 0 aliphatic heterocycles. The molecule has 0 radical (unpaired) electrons. The first-order valence-corrected chi connectivity index (χ1v) is 13.6. The van der Waals surface area contributed by atoms with Crippen molar-refractivity contribution < 1.29 is 26.3 Å². The molecule has 1 aromatic heterocycles. The van der Waals surface area contributed by atoms with Crippen LogP contribution in [0.3, 0.4) is 0 Å². The summed E-state index contributed by atoms with van der Waals surface area (Å²) < 4.78 is 62.1. The first-order valence-electron chi connectivity index (χ1n) is 8.65. The van der Waals surface area contributed by atoms with Gasteiger partial charge in [-0.05, 0) is 51.8 Å². The summed E-state index contributed by atoms with van der Waals surface area (Å²) in [7, 11) is -4.16. The van der Waals surface area contributed by atoms with E-state index in [0.717, 1.165) is 15.1 Å². The lowest BCUT2D eigenvalue weighted by molar-refractivity contribution is 0.392. The van der Waals surface area contributed by atoms with E-state index in [2.05, 4.69) is 15.9 Å². The fourth-order valence-electron chi connectivity index (χ4n) is 2.81. The van der Waals surface area contributed by atoms with Gasteiger partial charge in [-0.25, -0.2) is 16.8 Å². The van der Waals surface area contributed by atoms with Gasteiger partial charge in [-0.3, -0.25) is 0 Å². The Labute approximate surface area is 188 Å². The molecule has 0 fully saturated rings. The van der Waals surface area contributed by atoms with Crippen LogP contribution in [0.15, 0.2) is 67.5 Å². The van der Waals surface area contributed by atoms with Crippen LogP contribution in [-0.2, 0) is 31.2 Å². The topological polar surface area (TPSA) is 86.7 Å². The molecule has 6 nitrogen and oxygen atoms in total. The molecule has 0 spiro atoms. The first kappa shape index (κ1) is 22.8. The van der Waals surface area contributed by atoms with Crippen molar-refractivity contribution >= 4 is 46.9 Å². The Bertz CT molecular complexity index is 1250. The molecule has 0 aliphatic rings. The zero-order valence-corrected chi connectivity index (χ0v) is 20.2. The highest BCUT2D eigenvalue weighted by Gasteiger charge is 2.21. The summed E-state index contributed by atoms with van der Waals surface area (Å²) in [6.45, 7) is 0. The van der Waals surface area contributed by atoms with Crippen LogP contribution in [0.1, 0.15) is 11.1 Å². The fourth-order valence-corrected chi connectivity index (χ4v) is 7.62. The lowest BCUT2D eigenvalue weighted by Crippen LogP contribution is -2.07. The Balaban J connectivity index is 1.80. The summed E-state index contributed by atoms with van der Waals surface area (Å²) in [5.41, 5.74) is 1.02. The van der Waals surface area contributed by atoms with E-state index >= 15 is 0 Å². The molecule has 0 saturated heterocycles. The highest BCUT2D eigenvalue weighted by Crippen LogP contribution is 2.30. The van der Waals surface area contributed by atoms with Crippen molar-refractivity contribution in [2.75, 3.05) is 14.2 Å². The van der Waals surface area contributed by atoms with Crippen molar-refractivity contribution in [3.05, 3.63) is 69.5 Å². The monoisotopic (exact) mass is 530 g/mol. The van der Waals surface area contributed by atoms with Gasteiger partial charge in [0.1, 0.15) is 15.7 Å². The van der Waals surface area contributed by atoms with Crippen LogP contribution in [0, 0.1) is 0 Å². The quantitative estimate of drug-likeness (QED) is 0.426. The molecule has 0 aliphatic carbocycles. The molecular weight excluding hydrogens is 512 g/mol. The van der Waals surface area contributed by atoms with Crippen LogP contribution in [0.4, 0.5) is 0 Å². The smallest absolute Gasteiger partial charge is 0.191 e. The lowest BCUT2D eigenvalue weighted by Gasteiger charge is -2.11. The Hall–Kier alpha value is -1.88. The van der Waals surface area contributed by atoms with Gasteiger partial charge in [0.15, 0.2) is 19.7 Å². The average Bonchev–Trinajstić information content (AvgIpc) is 3.15. The Morgan fingerprint density at radius 3 is 2.10 bits per heavy atom. The highest BCUT2D eigenvalue weighted by atomic mass is 79.9. The predicted octanol–water partition coefficient (Wildman–Crippen LogP) is 4.48. The van der Waals surface area contributed by atoms with Gasteiger partial charge in [0.05, 0.1) is 34.4 Å². The zero-order valence-electron chi connectivity index (χ0n) is 16.2. The number of methoxy groups -OCH3 is 2. The van der Waals surface area contributed by atoms with E-state index in [9.17, 15) is 16.8 Å². The second kappa shape index (κ2) is 9.09. The molecule has 0 bridgehead atoms. The maximum atomic E-state index is 12.8. The largest absolute Gasteiger partial charge is 0.497 e. The number of sulfone groups is 2. The molecule has 0 N–H and O–H groups in total. The van der Waals surface area contributed by atoms with E-state index in [4.69, 9.17) is 9.47 Å². The number of hydrogen-bond acceptors (Lipinski definition) is 7. The standard InChI is InChI=1S/C20H19BrO6S3/c1-26-16-6-5-15(18(11-16)27-2)13-29(22,23)17-7-3-14(4-8-17)12-30(24,25)20-10-9-19(21)28-20/h3-11H,12-13H2,1-2H3. The van der Waals surface area contributed by atoms with E-state index in [1.807, 2.05) is 0 Å². The molecule has 1 heterocycles. The van der Waals surface area contributed by atoms with E-state index in [1.165, 1.54) is 38.5 Å². The van der Waals surface area contributed by atoms with Crippen LogP contribution in [0.25, 0.3) is 0 Å². The molecule has 10 heteroatoms. The summed E-state index contributed by atoms with van der Waals surface area (Å²) in [5, 5.41) is 0. The highest BCUT2D eigenvalue weighted by molar-refractivity contribution is 9.11. The molecular formula is C20H19BrO6S3. The van der Waals surface area contributed by atoms with Crippen molar-refractivity contribution in [2.45, 2.75) is 20.6 Å².